The van der Waals surface area contributed by atoms with Gasteiger partial charge in [-0.25, -0.2) is 18.1 Å². The molecular weight excluding hydrogens is 414 g/mol. The molecule has 8 nitrogen and oxygen atoms in total. The van der Waals surface area contributed by atoms with Crippen LogP contribution in [-0.2, 0) is 27.9 Å². The molecule has 0 aliphatic carbocycles. The second-order valence-corrected chi connectivity index (χ2v) is 9.60. The number of hydrogen-bond acceptors (Lipinski definition) is 5. The summed E-state index contributed by atoms with van der Waals surface area (Å²) in [4.78, 5) is 17.0. The minimum Gasteiger partial charge on any atom is -0.351 e. The lowest BCUT2D eigenvalue weighted by Gasteiger charge is -2.23. The molecule has 9 heteroatoms. The van der Waals surface area contributed by atoms with E-state index in [2.05, 4.69) is 15.4 Å². The zero-order valence-electron chi connectivity index (χ0n) is 17.3. The first-order valence-corrected chi connectivity index (χ1v) is 11.6. The number of nitrogens with zero attached hydrogens (tertiary/aromatic N) is 4. The average molecular weight is 440 g/mol. The van der Waals surface area contributed by atoms with Crippen LogP contribution in [0.15, 0.2) is 66.1 Å². The lowest BCUT2D eigenvalue weighted by Crippen LogP contribution is -2.45. The molecule has 4 rings (SSSR count). The quantitative estimate of drug-likeness (QED) is 0.608. The third-order valence-corrected chi connectivity index (χ3v) is 7.36. The number of rotatable bonds is 7. The number of benzene rings is 2. The molecule has 1 fully saturated rings. The highest BCUT2D eigenvalue weighted by molar-refractivity contribution is 7.89. The fourth-order valence-electron chi connectivity index (χ4n) is 3.71. The highest BCUT2D eigenvalue weighted by atomic mass is 32.2. The van der Waals surface area contributed by atoms with Crippen LogP contribution in [0.5, 0.6) is 0 Å². The molecular formula is C22H25N5O3S. The number of carbonyl (C=O) groups excluding carboxylic acids is 1. The monoisotopic (exact) mass is 439 g/mol. The number of aryl methyl sites for hydroxylation is 1. The maximum Gasteiger partial charge on any atom is 0.243 e. The Morgan fingerprint density at radius 3 is 2.48 bits per heavy atom. The molecule has 0 unspecified atom stereocenters. The number of carbonyl (C=O) groups is 1. The Hall–Kier alpha value is -3.04. The standard InChI is InChI=1S/C22H25N5O3S/c1-17-4-10-20(11-5-17)31(29,30)27-12-2-3-21(27)22(28)24-13-18-6-8-19(9-7-18)14-26-16-23-15-25-26/h4-11,15-16,21H,2-3,12-14H2,1H3,(H,24,28)/t21-/m0/s1. The highest BCUT2D eigenvalue weighted by Gasteiger charge is 2.39. The lowest BCUT2D eigenvalue weighted by atomic mass is 10.1. The first-order valence-electron chi connectivity index (χ1n) is 10.2. The summed E-state index contributed by atoms with van der Waals surface area (Å²) in [5.41, 5.74) is 3.01. The molecule has 0 saturated carbocycles. The van der Waals surface area contributed by atoms with Gasteiger partial charge in [0.05, 0.1) is 11.4 Å². The summed E-state index contributed by atoms with van der Waals surface area (Å²) in [6.45, 7) is 3.23. The van der Waals surface area contributed by atoms with E-state index in [0.29, 0.717) is 32.5 Å². The Kier molecular flexibility index (Phi) is 6.15. The van der Waals surface area contributed by atoms with Gasteiger partial charge in [-0.2, -0.15) is 9.40 Å². The number of aromatic nitrogens is 3. The molecule has 1 aliphatic rings. The molecule has 0 bridgehead atoms. The summed E-state index contributed by atoms with van der Waals surface area (Å²) >= 11 is 0. The van der Waals surface area contributed by atoms with Crippen molar-refractivity contribution in [1.29, 1.82) is 0 Å². The van der Waals surface area contributed by atoms with Crippen LogP contribution in [0, 0.1) is 6.92 Å². The van der Waals surface area contributed by atoms with Crippen LogP contribution in [0.1, 0.15) is 29.5 Å². The van der Waals surface area contributed by atoms with Crippen molar-refractivity contribution in [1.82, 2.24) is 24.4 Å². The topological polar surface area (TPSA) is 97.2 Å². The summed E-state index contributed by atoms with van der Waals surface area (Å²) in [5.74, 6) is -0.264. The Labute approximate surface area is 182 Å². The largest absolute Gasteiger partial charge is 0.351 e. The fraction of sp³-hybridized carbons (Fsp3) is 0.318. The van der Waals surface area contributed by atoms with Crippen LogP contribution in [0.25, 0.3) is 0 Å². The highest BCUT2D eigenvalue weighted by Crippen LogP contribution is 2.26. The van der Waals surface area contributed by atoms with Gasteiger partial charge in [0.1, 0.15) is 18.7 Å². The Balaban J connectivity index is 1.38. The third-order valence-electron chi connectivity index (χ3n) is 5.43. The molecule has 0 radical (unpaired) electrons. The molecule has 31 heavy (non-hydrogen) atoms. The van der Waals surface area contributed by atoms with E-state index in [1.54, 1.807) is 35.3 Å². The summed E-state index contributed by atoms with van der Waals surface area (Å²) < 4.78 is 29.1. The molecule has 0 spiro atoms. The first-order chi connectivity index (χ1) is 14.9. The van der Waals surface area contributed by atoms with Crippen molar-refractivity contribution in [2.75, 3.05) is 6.54 Å². The number of hydrogen-bond donors (Lipinski definition) is 1. The van der Waals surface area contributed by atoms with Crippen molar-refractivity contribution in [2.24, 2.45) is 0 Å². The molecule has 2 aromatic carbocycles. The van der Waals surface area contributed by atoms with Gasteiger partial charge in [0.15, 0.2) is 0 Å². The molecule has 162 valence electrons. The predicted octanol–water partition coefficient (Wildman–Crippen LogP) is 2.10. The van der Waals surface area contributed by atoms with Gasteiger partial charge in [0.25, 0.3) is 0 Å². The first kappa shape index (κ1) is 21.2. The second-order valence-electron chi connectivity index (χ2n) is 7.71. The fourth-order valence-corrected chi connectivity index (χ4v) is 5.36. The SMILES string of the molecule is Cc1ccc(S(=O)(=O)N2CCC[C@H]2C(=O)NCc2ccc(Cn3cncn3)cc2)cc1. The normalized spacial score (nSPS) is 17.0. The Morgan fingerprint density at radius 2 is 1.81 bits per heavy atom. The van der Waals surface area contributed by atoms with E-state index in [-0.39, 0.29) is 10.8 Å². The van der Waals surface area contributed by atoms with E-state index in [0.717, 1.165) is 16.7 Å². The van der Waals surface area contributed by atoms with E-state index in [9.17, 15) is 13.2 Å². The molecule has 3 aromatic rings. The Bertz CT molecular complexity index is 1130. The molecule has 1 N–H and O–H groups in total. The van der Waals surface area contributed by atoms with Crippen LogP contribution < -0.4 is 5.32 Å². The van der Waals surface area contributed by atoms with Gasteiger partial charge in [-0.3, -0.25) is 4.79 Å². The summed E-state index contributed by atoms with van der Waals surface area (Å²) in [5, 5.41) is 6.98. The molecule has 2 heterocycles. The molecule has 1 atom stereocenters. The number of nitrogens with one attached hydrogen (secondary N) is 1. The van der Waals surface area contributed by atoms with Crippen molar-refractivity contribution in [3.63, 3.8) is 0 Å². The van der Waals surface area contributed by atoms with E-state index >= 15 is 0 Å². The van der Waals surface area contributed by atoms with Gasteiger partial charge in [0.2, 0.25) is 15.9 Å². The zero-order chi connectivity index (χ0) is 21.8. The zero-order valence-corrected chi connectivity index (χ0v) is 18.1. The van der Waals surface area contributed by atoms with Gasteiger partial charge in [-0.05, 0) is 43.0 Å². The predicted molar refractivity (Wildman–Crippen MR) is 116 cm³/mol. The van der Waals surface area contributed by atoms with E-state index in [4.69, 9.17) is 0 Å². The smallest absolute Gasteiger partial charge is 0.243 e. The summed E-state index contributed by atoms with van der Waals surface area (Å²) in [7, 11) is -3.70. The molecule has 1 amide bonds. The van der Waals surface area contributed by atoms with Crippen molar-refractivity contribution in [3.8, 4) is 0 Å². The van der Waals surface area contributed by atoms with Crippen LogP contribution in [0.4, 0.5) is 0 Å². The van der Waals surface area contributed by atoms with Crippen LogP contribution >= 0.6 is 0 Å². The van der Waals surface area contributed by atoms with Crippen molar-refractivity contribution >= 4 is 15.9 Å². The minimum atomic E-state index is -3.70. The van der Waals surface area contributed by atoms with Gasteiger partial charge < -0.3 is 5.32 Å². The summed E-state index contributed by atoms with van der Waals surface area (Å²) in [6, 6.07) is 13.9. The maximum atomic E-state index is 13.0. The minimum absolute atomic E-state index is 0.223. The van der Waals surface area contributed by atoms with E-state index < -0.39 is 16.1 Å². The second kappa shape index (κ2) is 8.99. The maximum absolute atomic E-state index is 13.0. The Morgan fingerprint density at radius 1 is 1.10 bits per heavy atom. The number of amides is 1. The molecule has 1 aliphatic heterocycles. The van der Waals surface area contributed by atoms with Crippen LogP contribution in [0.3, 0.4) is 0 Å². The van der Waals surface area contributed by atoms with E-state index in [1.807, 2.05) is 31.2 Å². The third kappa shape index (κ3) is 4.83. The number of sulfonamides is 1. The summed E-state index contributed by atoms with van der Waals surface area (Å²) in [6.07, 6.45) is 4.34. The van der Waals surface area contributed by atoms with Crippen molar-refractivity contribution in [2.45, 2.75) is 43.8 Å². The van der Waals surface area contributed by atoms with Gasteiger partial charge >= 0.3 is 0 Å². The van der Waals surface area contributed by atoms with Crippen molar-refractivity contribution in [3.05, 3.63) is 77.9 Å². The van der Waals surface area contributed by atoms with Gasteiger partial charge in [-0.15, -0.1) is 0 Å². The molecule has 1 saturated heterocycles. The van der Waals surface area contributed by atoms with Gasteiger partial charge in [0, 0.05) is 13.1 Å². The van der Waals surface area contributed by atoms with Crippen LogP contribution in [-0.4, -0.2) is 46.0 Å². The molecule has 1 aromatic heterocycles. The van der Waals surface area contributed by atoms with Crippen molar-refractivity contribution < 1.29 is 13.2 Å². The van der Waals surface area contributed by atoms with Gasteiger partial charge in [-0.1, -0.05) is 42.0 Å². The van der Waals surface area contributed by atoms with E-state index in [1.165, 1.54) is 10.6 Å². The average Bonchev–Trinajstić information content (AvgIpc) is 3.46. The van der Waals surface area contributed by atoms with Crippen LogP contribution in [0.2, 0.25) is 0 Å². The lowest BCUT2D eigenvalue weighted by molar-refractivity contribution is -0.124.